The minimum Gasteiger partial charge on any atom is -0.458 e. The average Bonchev–Trinajstić information content (AvgIpc) is 3.76. The van der Waals surface area contributed by atoms with Crippen molar-refractivity contribution in [3.8, 4) is 6.07 Å². The van der Waals surface area contributed by atoms with Crippen molar-refractivity contribution in [1.82, 2.24) is 0 Å². The van der Waals surface area contributed by atoms with Crippen LogP contribution >= 0.6 is 0 Å². The maximum atomic E-state index is 12.2. The second-order valence-corrected chi connectivity index (χ2v) is 14.0. The van der Waals surface area contributed by atoms with Crippen LogP contribution in [0.1, 0.15) is 80.1 Å². The van der Waals surface area contributed by atoms with E-state index in [1.54, 1.807) is 13.8 Å². The predicted octanol–water partition coefficient (Wildman–Crippen LogP) is 3.27. The minimum atomic E-state index is -0.974. The summed E-state index contributed by atoms with van der Waals surface area (Å²) in [5.74, 6) is -1.46. The van der Waals surface area contributed by atoms with Crippen molar-refractivity contribution in [3.05, 3.63) is 0 Å². The molecule has 0 radical (unpaired) electrons. The second kappa shape index (κ2) is 10.5. The molecule has 2 aliphatic heterocycles. The van der Waals surface area contributed by atoms with Crippen molar-refractivity contribution in [2.45, 2.75) is 104 Å². The van der Waals surface area contributed by atoms with E-state index in [2.05, 4.69) is 6.07 Å². The molecule has 6 rings (SSSR count). The van der Waals surface area contributed by atoms with Crippen LogP contribution in [0.25, 0.3) is 0 Å². The van der Waals surface area contributed by atoms with Gasteiger partial charge >= 0.3 is 29.8 Å². The van der Waals surface area contributed by atoms with Gasteiger partial charge in [0.05, 0.1) is 22.8 Å². The zero-order chi connectivity index (χ0) is 30.8. The Hall–Kier alpha value is -3.16. The normalized spacial score (nSPS) is 38.3. The molecule has 6 aliphatic rings. The van der Waals surface area contributed by atoms with Gasteiger partial charge in [-0.15, -0.1) is 0 Å². The Morgan fingerprint density at radius 1 is 0.905 bits per heavy atom. The number of carbonyl (C=O) groups excluding carboxylic acids is 5. The largest absolute Gasteiger partial charge is 0.458 e. The van der Waals surface area contributed by atoms with Crippen molar-refractivity contribution in [1.29, 1.82) is 5.26 Å². The standard InChI is InChI=1S/C16H22O6.C15H19NO4/c1-4-16(2,3)15(19)20-7-11(17)21-12-8-5-9-10(6-8)14(18)22-13(9)12;1-4-14(2,3)12(17)19-10-8-5-9-11(10)20-13(18)15(9,6-8)7-16/h8-10,12-13H,4-7H2,1-3H3;8-11H,4-6H2,1-3H3. The fraction of sp³-hybridized carbons (Fsp3) is 0.806. The zero-order valence-corrected chi connectivity index (χ0v) is 25.2. The Balaban J connectivity index is 0.000000169. The first-order valence-corrected chi connectivity index (χ1v) is 15.1. The van der Waals surface area contributed by atoms with Crippen LogP contribution in [0.4, 0.5) is 0 Å². The highest BCUT2D eigenvalue weighted by Gasteiger charge is 2.72. The fourth-order valence-corrected chi connectivity index (χ4v) is 7.43. The van der Waals surface area contributed by atoms with E-state index in [4.69, 9.17) is 23.7 Å². The van der Waals surface area contributed by atoms with Gasteiger partial charge in [-0.2, -0.15) is 5.26 Å². The average molecular weight is 588 g/mol. The Kier molecular flexibility index (Phi) is 7.60. The van der Waals surface area contributed by atoms with E-state index in [9.17, 15) is 29.2 Å². The summed E-state index contributed by atoms with van der Waals surface area (Å²) in [5.41, 5.74) is -2.11. The highest BCUT2D eigenvalue weighted by Crippen LogP contribution is 2.62. The third kappa shape index (κ3) is 4.75. The third-order valence-electron chi connectivity index (χ3n) is 10.9. The van der Waals surface area contributed by atoms with Gasteiger partial charge in [0.1, 0.15) is 24.4 Å². The lowest BCUT2D eigenvalue weighted by molar-refractivity contribution is -0.172. The van der Waals surface area contributed by atoms with E-state index in [0.29, 0.717) is 19.3 Å². The number of nitrogens with zero attached hydrogens (tertiary/aromatic N) is 1. The number of esters is 5. The summed E-state index contributed by atoms with van der Waals surface area (Å²) in [6.45, 7) is 10.7. The van der Waals surface area contributed by atoms with Crippen LogP contribution in [0.3, 0.4) is 0 Å². The number of rotatable bonds is 8. The summed E-state index contributed by atoms with van der Waals surface area (Å²) in [4.78, 5) is 59.5. The van der Waals surface area contributed by atoms with E-state index in [1.807, 2.05) is 27.7 Å². The highest BCUT2D eigenvalue weighted by atomic mass is 16.6. The lowest BCUT2D eigenvalue weighted by atomic mass is 9.74. The maximum absolute atomic E-state index is 12.2. The zero-order valence-electron chi connectivity index (χ0n) is 25.2. The number of nitriles is 1. The predicted molar refractivity (Wildman–Crippen MR) is 143 cm³/mol. The van der Waals surface area contributed by atoms with Crippen LogP contribution in [0, 0.1) is 57.2 Å². The van der Waals surface area contributed by atoms with E-state index >= 15 is 0 Å². The second-order valence-electron chi connectivity index (χ2n) is 14.0. The molecule has 4 saturated carbocycles. The molecule has 2 heterocycles. The molecule has 10 atom stereocenters. The van der Waals surface area contributed by atoms with Crippen LogP contribution in [0.5, 0.6) is 0 Å². The lowest BCUT2D eigenvalue weighted by Crippen LogP contribution is -2.42. The van der Waals surface area contributed by atoms with Crippen LogP contribution in [-0.2, 0) is 47.7 Å². The molecule has 4 bridgehead atoms. The van der Waals surface area contributed by atoms with Gasteiger partial charge in [-0.3, -0.25) is 19.2 Å². The van der Waals surface area contributed by atoms with Crippen molar-refractivity contribution in [2.24, 2.45) is 45.8 Å². The van der Waals surface area contributed by atoms with Gasteiger partial charge in [0.25, 0.3) is 0 Å². The van der Waals surface area contributed by atoms with Crippen molar-refractivity contribution >= 4 is 29.8 Å². The number of hydrogen-bond donors (Lipinski definition) is 0. The van der Waals surface area contributed by atoms with Crippen LogP contribution in [0.2, 0.25) is 0 Å². The van der Waals surface area contributed by atoms with Gasteiger partial charge in [0.2, 0.25) is 0 Å². The van der Waals surface area contributed by atoms with Gasteiger partial charge in [0, 0.05) is 23.7 Å². The van der Waals surface area contributed by atoms with E-state index in [0.717, 1.165) is 19.3 Å². The summed E-state index contributed by atoms with van der Waals surface area (Å²) < 4.78 is 26.8. The van der Waals surface area contributed by atoms with Gasteiger partial charge in [-0.25, -0.2) is 4.79 Å². The molecule has 10 unspecified atom stereocenters. The molecule has 2 saturated heterocycles. The minimum absolute atomic E-state index is 0.00636. The van der Waals surface area contributed by atoms with E-state index in [-0.39, 0.29) is 66.4 Å². The molecule has 11 heteroatoms. The van der Waals surface area contributed by atoms with Crippen LogP contribution in [-0.4, -0.2) is 60.9 Å². The molecule has 0 amide bonds. The molecule has 0 spiro atoms. The molecule has 0 aromatic carbocycles. The molecule has 11 nitrogen and oxygen atoms in total. The molecule has 42 heavy (non-hydrogen) atoms. The molecule has 0 aromatic rings. The lowest BCUT2D eigenvalue weighted by Gasteiger charge is -2.30. The molecular formula is C31H41NO10. The summed E-state index contributed by atoms with van der Waals surface area (Å²) in [7, 11) is 0. The van der Waals surface area contributed by atoms with Gasteiger partial charge in [0.15, 0.2) is 12.0 Å². The SMILES string of the molecule is CCC(C)(C)C(=O)OC1C2CC3C1OC(=O)C3(C#N)C2.CCC(C)(C)C(=O)OCC(=O)OC1C2CC3C(=O)OC1C3C2. The number of carbonyl (C=O) groups is 5. The first-order valence-electron chi connectivity index (χ1n) is 15.1. The van der Waals surface area contributed by atoms with Crippen LogP contribution < -0.4 is 0 Å². The topological polar surface area (TPSA) is 155 Å². The monoisotopic (exact) mass is 587 g/mol. The Morgan fingerprint density at radius 3 is 2.19 bits per heavy atom. The summed E-state index contributed by atoms with van der Waals surface area (Å²) in [6.07, 6.45) is 2.68. The van der Waals surface area contributed by atoms with Crippen LogP contribution in [0.15, 0.2) is 0 Å². The number of hydrogen-bond acceptors (Lipinski definition) is 11. The Labute approximate surface area is 245 Å². The molecular weight excluding hydrogens is 546 g/mol. The molecule has 230 valence electrons. The van der Waals surface area contributed by atoms with E-state index < -0.39 is 40.3 Å². The molecule has 4 aliphatic carbocycles. The van der Waals surface area contributed by atoms with Crippen molar-refractivity contribution < 1.29 is 47.7 Å². The summed E-state index contributed by atoms with van der Waals surface area (Å²) >= 11 is 0. The maximum Gasteiger partial charge on any atom is 0.344 e. The van der Waals surface area contributed by atoms with Crippen molar-refractivity contribution in [2.75, 3.05) is 6.61 Å². The Bertz CT molecular complexity index is 1220. The fourth-order valence-electron chi connectivity index (χ4n) is 7.43. The third-order valence-corrected chi connectivity index (χ3v) is 10.9. The van der Waals surface area contributed by atoms with E-state index in [1.165, 1.54) is 0 Å². The quantitative estimate of drug-likeness (QED) is 0.303. The molecule has 0 aromatic heterocycles. The van der Waals surface area contributed by atoms with Gasteiger partial charge in [-0.1, -0.05) is 13.8 Å². The smallest absolute Gasteiger partial charge is 0.344 e. The van der Waals surface area contributed by atoms with Gasteiger partial charge < -0.3 is 23.7 Å². The number of fused-ring (bicyclic) bond motifs is 2. The van der Waals surface area contributed by atoms with Gasteiger partial charge in [-0.05, 0) is 66.2 Å². The Morgan fingerprint density at radius 2 is 1.55 bits per heavy atom. The van der Waals surface area contributed by atoms with Crippen molar-refractivity contribution in [3.63, 3.8) is 0 Å². The summed E-state index contributed by atoms with van der Waals surface area (Å²) in [6, 6.07) is 2.15. The molecule has 0 N–H and O–H groups in total. The summed E-state index contributed by atoms with van der Waals surface area (Å²) in [5, 5.41) is 9.31. The first kappa shape index (κ1) is 30.3. The number of ether oxygens (including phenoxy) is 5. The molecule has 6 fully saturated rings. The highest BCUT2D eigenvalue weighted by molar-refractivity contribution is 5.85. The first-order chi connectivity index (χ1) is 19.7.